The van der Waals surface area contributed by atoms with Gasteiger partial charge in [0.1, 0.15) is 6.04 Å². The molecule has 1 saturated carbocycles. The molecule has 0 spiro atoms. The van der Waals surface area contributed by atoms with Gasteiger partial charge >= 0.3 is 0 Å². The van der Waals surface area contributed by atoms with Crippen LogP contribution in [-0.4, -0.2) is 35.8 Å². The van der Waals surface area contributed by atoms with E-state index in [2.05, 4.69) is 0 Å². The zero-order chi connectivity index (χ0) is 15.0. The molecule has 2 fully saturated rings. The highest BCUT2D eigenvalue weighted by Gasteiger charge is 2.38. The zero-order valence-electron chi connectivity index (χ0n) is 12.7. The smallest absolute Gasteiger partial charge is 0.249 e. The van der Waals surface area contributed by atoms with E-state index >= 15 is 0 Å². The highest BCUT2D eigenvalue weighted by Crippen LogP contribution is 2.30. The predicted molar refractivity (Wildman–Crippen MR) is 82.0 cm³/mol. The van der Waals surface area contributed by atoms with Crippen LogP contribution in [0.5, 0.6) is 0 Å². The Morgan fingerprint density at radius 2 is 2.00 bits per heavy atom. The van der Waals surface area contributed by atoms with Crippen molar-refractivity contribution in [3.63, 3.8) is 0 Å². The fourth-order valence-electron chi connectivity index (χ4n) is 3.11. The van der Waals surface area contributed by atoms with Crippen LogP contribution < -0.4 is 4.90 Å². The molecule has 3 rings (SSSR count). The Balaban J connectivity index is 1.75. The van der Waals surface area contributed by atoms with Gasteiger partial charge in [0.15, 0.2) is 0 Å². The first-order chi connectivity index (χ1) is 10.1. The molecule has 4 heteroatoms. The van der Waals surface area contributed by atoms with Crippen molar-refractivity contribution in [2.75, 3.05) is 18.0 Å². The molecule has 2 aliphatic rings. The summed E-state index contributed by atoms with van der Waals surface area (Å²) in [7, 11) is 0. The Labute approximate surface area is 125 Å². The van der Waals surface area contributed by atoms with E-state index in [1.807, 2.05) is 43.0 Å². The average molecular weight is 286 g/mol. The van der Waals surface area contributed by atoms with E-state index in [0.717, 1.165) is 30.5 Å². The molecule has 1 aliphatic heterocycles. The van der Waals surface area contributed by atoms with Gasteiger partial charge in [-0.1, -0.05) is 18.6 Å². The average Bonchev–Trinajstić information content (AvgIpc) is 2.39. The number of amides is 2. The quantitative estimate of drug-likeness (QED) is 0.837. The summed E-state index contributed by atoms with van der Waals surface area (Å²) in [5.41, 5.74) is 2.07. The van der Waals surface area contributed by atoms with Crippen LogP contribution in [0.1, 0.15) is 31.7 Å². The zero-order valence-corrected chi connectivity index (χ0v) is 12.7. The van der Waals surface area contributed by atoms with Crippen LogP contribution in [0.2, 0.25) is 0 Å². The van der Waals surface area contributed by atoms with Crippen LogP contribution in [0, 0.1) is 12.8 Å². The van der Waals surface area contributed by atoms with Crippen molar-refractivity contribution >= 4 is 17.5 Å². The summed E-state index contributed by atoms with van der Waals surface area (Å²) in [4.78, 5) is 28.6. The van der Waals surface area contributed by atoms with Gasteiger partial charge in [0.2, 0.25) is 11.8 Å². The number of piperazine rings is 1. The van der Waals surface area contributed by atoms with Gasteiger partial charge in [-0.15, -0.1) is 0 Å². The number of aryl methyl sites for hydroxylation is 1. The van der Waals surface area contributed by atoms with Crippen LogP contribution in [0.4, 0.5) is 5.69 Å². The van der Waals surface area contributed by atoms with Gasteiger partial charge in [-0.25, -0.2) is 0 Å². The Morgan fingerprint density at radius 3 is 2.62 bits per heavy atom. The summed E-state index contributed by atoms with van der Waals surface area (Å²) in [5.74, 6) is 0.358. The molecule has 1 aromatic carbocycles. The van der Waals surface area contributed by atoms with E-state index < -0.39 is 0 Å². The predicted octanol–water partition coefficient (Wildman–Crippen LogP) is 2.36. The second kappa shape index (κ2) is 5.51. The van der Waals surface area contributed by atoms with Crippen LogP contribution in [0.25, 0.3) is 0 Å². The van der Waals surface area contributed by atoms with Gasteiger partial charge in [-0.2, -0.15) is 0 Å². The Bertz CT molecular complexity index is 566. The lowest BCUT2D eigenvalue weighted by Gasteiger charge is -2.41. The van der Waals surface area contributed by atoms with Crippen LogP contribution in [0.15, 0.2) is 24.3 Å². The summed E-state index contributed by atoms with van der Waals surface area (Å²) >= 11 is 0. The number of carbonyl (C=O) groups excluding carboxylic acids is 2. The number of hydrogen-bond donors (Lipinski definition) is 0. The van der Waals surface area contributed by atoms with Crippen molar-refractivity contribution < 1.29 is 9.59 Å². The first kappa shape index (κ1) is 14.1. The minimum absolute atomic E-state index is 0.0273. The lowest BCUT2D eigenvalue weighted by molar-refractivity contribution is -0.146. The minimum Gasteiger partial charge on any atom is -0.329 e. The molecule has 21 heavy (non-hydrogen) atoms. The largest absolute Gasteiger partial charge is 0.329 e. The van der Waals surface area contributed by atoms with Gasteiger partial charge in [0.25, 0.3) is 0 Å². The standard InChI is InChI=1S/C17H22N2O2/c1-12-5-3-8-15(11-12)19-10-9-18(13(2)16(19)20)17(21)14-6-4-7-14/h3,5,8,11,13-14H,4,6-7,9-10H2,1-2H3/t13-/m0/s1. The van der Waals surface area contributed by atoms with Gasteiger partial charge < -0.3 is 9.80 Å². The van der Waals surface area contributed by atoms with Crippen molar-refractivity contribution in [1.82, 2.24) is 4.90 Å². The number of nitrogens with zero attached hydrogens (tertiary/aromatic N) is 2. The maximum Gasteiger partial charge on any atom is 0.249 e. The molecule has 0 radical (unpaired) electrons. The van der Waals surface area contributed by atoms with Crippen molar-refractivity contribution in [1.29, 1.82) is 0 Å². The first-order valence-electron chi connectivity index (χ1n) is 7.76. The highest BCUT2D eigenvalue weighted by molar-refractivity contribution is 6.00. The molecule has 1 aliphatic carbocycles. The summed E-state index contributed by atoms with van der Waals surface area (Å²) < 4.78 is 0. The van der Waals surface area contributed by atoms with Gasteiger partial charge in [-0.05, 0) is 44.4 Å². The lowest BCUT2D eigenvalue weighted by Crippen LogP contribution is -2.59. The van der Waals surface area contributed by atoms with Crippen molar-refractivity contribution in [2.45, 2.75) is 39.2 Å². The second-order valence-electron chi connectivity index (χ2n) is 6.16. The molecule has 1 heterocycles. The molecular weight excluding hydrogens is 264 g/mol. The third-order valence-corrected chi connectivity index (χ3v) is 4.71. The lowest BCUT2D eigenvalue weighted by atomic mass is 9.84. The van der Waals surface area contributed by atoms with Crippen molar-refractivity contribution in [3.05, 3.63) is 29.8 Å². The van der Waals surface area contributed by atoms with E-state index in [1.165, 1.54) is 0 Å². The maximum absolute atomic E-state index is 12.6. The molecule has 0 aromatic heterocycles. The SMILES string of the molecule is Cc1cccc(N2CCN(C(=O)C3CCC3)[C@@H](C)C2=O)c1. The van der Waals surface area contributed by atoms with E-state index in [-0.39, 0.29) is 23.8 Å². The topological polar surface area (TPSA) is 40.6 Å². The normalized spacial score (nSPS) is 23.1. The van der Waals surface area contributed by atoms with Crippen molar-refractivity contribution in [3.8, 4) is 0 Å². The van der Waals surface area contributed by atoms with E-state index in [1.54, 1.807) is 4.90 Å². The van der Waals surface area contributed by atoms with E-state index in [4.69, 9.17) is 0 Å². The second-order valence-corrected chi connectivity index (χ2v) is 6.16. The highest BCUT2D eigenvalue weighted by atomic mass is 16.2. The van der Waals surface area contributed by atoms with Gasteiger partial charge in [0.05, 0.1) is 0 Å². The van der Waals surface area contributed by atoms with Crippen LogP contribution in [0.3, 0.4) is 0 Å². The molecule has 0 bridgehead atoms. The third-order valence-electron chi connectivity index (χ3n) is 4.71. The fraction of sp³-hybridized carbons (Fsp3) is 0.529. The molecule has 4 nitrogen and oxygen atoms in total. The van der Waals surface area contributed by atoms with Crippen LogP contribution >= 0.6 is 0 Å². The number of rotatable bonds is 2. The van der Waals surface area contributed by atoms with Gasteiger partial charge in [-0.3, -0.25) is 9.59 Å². The Morgan fingerprint density at radius 1 is 1.24 bits per heavy atom. The monoisotopic (exact) mass is 286 g/mol. The number of anilines is 1. The molecule has 1 atom stereocenters. The molecule has 1 aromatic rings. The van der Waals surface area contributed by atoms with E-state index in [9.17, 15) is 9.59 Å². The molecule has 2 amide bonds. The molecule has 112 valence electrons. The van der Waals surface area contributed by atoms with Crippen molar-refractivity contribution in [2.24, 2.45) is 5.92 Å². The summed E-state index contributed by atoms with van der Waals surface area (Å²) in [6, 6.07) is 7.62. The fourth-order valence-corrected chi connectivity index (χ4v) is 3.11. The number of hydrogen-bond acceptors (Lipinski definition) is 2. The maximum atomic E-state index is 12.6. The summed E-state index contributed by atoms with van der Waals surface area (Å²) in [5, 5.41) is 0. The number of benzene rings is 1. The first-order valence-corrected chi connectivity index (χ1v) is 7.76. The Hall–Kier alpha value is -1.84. The summed E-state index contributed by atoms with van der Waals surface area (Å²) in [6.07, 6.45) is 3.11. The number of carbonyl (C=O) groups is 2. The van der Waals surface area contributed by atoms with Gasteiger partial charge in [0, 0.05) is 24.7 Å². The Kier molecular flexibility index (Phi) is 3.70. The van der Waals surface area contributed by atoms with Crippen LogP contribution in [-0.2, 0) is 9.59 Å². The van der Waals surface area contributed by atoms with E-state index in [0.29, 0.717) is 13.1 Å². The molecular formula is C17H22N2O2. The molecule has 0 unspecified atom stereocenters. The molecule has 0 N–H and O–H groups in total. The third kappa shape index (κ3) is 2.55. The minimum atomic E-state index is -0.354. The summed E-state index contributed by atoms with van der Waals surface area (Å²) in [6.45, 7) is 5.09. The molecule has 1 saturated heterocycles.